The highest BCUT2D eigenvalue weighted by atomic mass is 16.1. The zero-order chi connectivity index (χ0) is 14.0. The van der Waals surface area contributed by atoms with Gasteiger partial charge >= 0.3 is 0 Å². The van der Waals surface area contributed by atoms with Crippen LogP contribution in [0.15, 0.2) is 6.20 Å². The zero-order valence-corrected chi connectivity index (χ0v) is 11.9. The van der Waals surface area contributed by atoms with Crippen molar-refractivity contribution in [1.29, 1.82) is 0 Å². The summed E-state index contributed by atoms with van der Waals surface area (Å²) in [5.41, 5.74) is 5.12. The van der Waals surface area contributed by atoms with Gasteiger partial charge in [0.15, 0.2) is 5.82 Å². The lowest BCUT2D eigenvalue weighted by atomic mass is 10.0. The molecule has 1 saturated heterocycles. The number of rotatable bonds is 4. The smallest absolute Gasteiger partial charge is 0.284 e. The quantitative estimate of drug-likeness (QED) is 0.815. The Kier molecular flexibility index (Phi) is 3.91. The highest BCUT2D eigenvalue weighted by molar-refractivity contribution is 5.89. The summed E-state index contributed by atoms with van der Waals surface area (Å²) in [6, 6.07) is 0. The maximum absolute atomic E-state index is 11.4. The van der Waals surface area contributed by atoms with E-state index < -0.39 is 5.91 Å². The number of nitrogens with zero attached hydrogens (tertiary/aromatic N) is 4. The zero-order valence-electron chi connectivity index (χ0n) is 11.9. The molecule has 1 aliphatic rings. The van der Waals surface area contributed by atoms with Gasteiger partial charge in [0.25, 0.3) is 5.91 Å². The molecule has 19 heavy (non-hydrogen) atoms. The second-order valence-corrected chi connectivity index (χ2v) is 5.82. The molecule has 0 aliphatic carbocycles. The number of aromatic nitrogens is 2. The molecule has 1 aromatic rings. The highest BCUT2D eigenvalue weighted by Crippen LogP contribution is 2.19. The number of carbonyl (C=O) groups is 1. The van der Waals surface area contributed by atoms with Crippen LogP contribution in [0.2, 0.25) is 0 Å². The summed E-state index contributed by atoms with van der Waals surface area (Å²) in [6.07, 6.45) is 4.42. The van der Waals surface area contributed by atoms with Crippen molar-refractivity contribution in [2.45, 2.75) is 19.4 Å². The predicted octanol–water partition coefficient (Wildman–Crippen LogP) is -0.235. The molecule has 1 aromatic heterocycles. The third kappa shape index (κ3) is 3.13. The van der Waals surface area contributed by atoms with Crippen LogP contribution in [0.1, 0.15) is 24.5 Å². The Balaban J connectivity index is 2.09. The van der Waals surface area contributed by atoms with Crippen LogP contribution in [0, 0.1) is 6.20 Å². The summed E-state index contributed by atoms with van der Waals surface area (Å²) in [4.78, 5) is 20.0. The molecule has 0 bridgehead atoms. The van der Waals surface area contributed by atoms with E-state index in [4.69, 9.17) is 5.73 Å². The summed E-state index contributed by atoms with van der Waals surface area (Å²) in [5.74, 6) is -0.230. The third-order valence-electron chi connectivity index (χ3n) is 3.66. The average Bonchev–Trinajstić information content (AvgIpc) is 2.82. The highest BCUT2D eigenvalue weighted by Gasteiger charge is 2.28. The molecule has 105 valence electrons. The summed E-state index contributed by atoms with van der Waals surface area (Å²) in [5, 5.41) is 0. The molecule has 0 atom stereocenters. The van der Waals surface area contributed by atoms with Gasteiger partial charge in [-0.15, -0.1) is 0 Å². The van der Waals surface area contributed by atoms with E-state index in [-0.39, 0.29) is 11.4 Å². The molecule has 1 radical (unpaired) electrons. The molecule has 6 heteroatoms. The Morgan fingerprint density at radius 1 is 1.42 bits per heavy atom. The topological polar surface area (TPSA) is 67.4 Å². The standard InChI is InChI=1S/C13H22N5O/c1-13(2,10-17-8-6-16(3)7-9-17)18-5-4-15-12(18)11(14)19/h5H,6-10H2,1-3H3,(H2,14,19). The van der Waals surface area contributed by atoms with Gasteiger partial charge in [-0.3, -0.25) is 9.69 Å². The molecule has 1 fully saturated rings. The first kappa shape index (κ1) is 14.0. The minimum atomic E-state index is -0.507. The van der Waals surface area contributed by atoms with Crippen molar-refractivity contribution in [3.8, 4) is 0 Å². The van der Waals surface area contributed by atoms with Crippen molar-refractivity contribution >= 4 is 5.91 Å². The molecule has 0 aromatic carbocycles. The van der Waals surface area contributed by atoms with Gasteiger partial charge < -0.3 is 15.2 Å². The van der Waals surface area contributed by atoms with E-state index in [0.29, 0.717) is 0 Å². The van der Waals surface area contributed by atoms with E-state index in [0.717, 1.165) is 32.7 Å². The van der Waals surface area contributed by atoms with E-state index >= 15 is 0 Å². The first-order valence-corrected chi connectivity index (χ1v) is 6.57. The van der Waals surface area contributed by atoms with Crippen LogP contribution >= 0.6 is 0 Å². The van der Waals surface area contributed by atoms with Gasteiger partial charge in [-0.1, -0.05) is 0 Å². The molecule has 2 N–H and O–H groups in total. The summed E-state index contributed by atoms with van der Waals surface area (Å²) < 4.78 is 1.83. The van der Waals surface area contributed by atoms with Crippen LogP contribution in [0.5, 0.6) is 0 Å². The van der Waals surface area contributed by atoms with Crippen LogP contribution in [0.25, 0.3) is 0 Å². The second-order valence-electron chi connectivity index (χ2n) is 5.82. The van der Waals surface area contributed by atoms with Gasteiger partial charge in [-0.05, 0) is 20.9 Å². The number of hydrogen-bond donors (Lipinski definition) is 1. The number of amides is 1. The molecular weight excluding hydrogens is 242 g/mol. The van der Waals surface area contributed by atoms with Gasteiger partial charge in [-0.2, -0.15) is 0 Å². The Hall–Kier alpha value is -1.40. The fraction of sp³-hybridized carbons (Fsp3) is 0.692. The van der Waals surface area contributed by atoms with Crippen LogP contribution in [0.3, 0.4) is 0 Å². The Morgan fingerprint density at radius 2 is 2.05 bits per heavy atom. The molecule has 1 amide bonds. The fourth-order valence-corrected chi connectivity index (χ4v) is 2.53. The van der Waals surface area contributed by atoms with Crippen LogP contribution in [-0.4, -0.2) is 65.0 Å². The summed E-state index contributed by atoms with van der Waals surface area (Å²) in [6.45, 7) is 9.30. The molecule has 6 nitrogen and oxygen atoms in total. The monoisotopic (exact) mass is 264 g/mol. The van der Waals surface area contributed by atoms with Crippen molar-refractivity contribution in [1.82, 2.24) is 19.4 Å². The number of piperazine rings is 1. The largest absolute Gasteiger partial charge is 0.363 e. The van der Waals surface area contributed by atoms with E-state index in [1.165, 1.54) is 0 Å². The molecule has 0 spiro atoms. The van der Waals surface area contributed by atoms with Crippen molar-refractivity contribution < 1.29 is 4.79 Å². The minimum absolute atomic E-state index is 0.229. The third-order valence-corrected chi connectivity index (χ3v) is 3.66. The number of carbonyl (C=O) groups excluding carboxylic acids is 1. The first-order valence-electron chi connectivity index (χ1n) is 6.57. The second kappa shape index (κ2) is 5.30. The Labute approximate surface area is 114 Å². The maximum Gasteiger partial charge on any atom is 0.284 e. The molecule has 0 saturated carbocycles. The molecule has 0 unspecified atom stereocenters. The number of primary amides is 1. The summed E-state index contributed by atoms with van der Waals surface area (Å²) >= 11 is 0. The van der Waals surface area contributed by atoms with Crippen LogP contribution in [0.4, 0.5) is 0 Å². The van der Waals surface area contributed by atoms with E-state index in [1.54, 1.807) is 6.20 Å². The lowest BCUT2D eigenvalue weighted by molar-refractivity contribution is 0.0947. The first-order chi connectivity index (χ1) is 8.90. The van der Waals surface area contributed by atoms with Gasteiger partial charge in [0.2, 0.25) is 0 Å². The van der Waals surface area contributed by atoms with Gasteiger partial charge in [-0.25, -0.2) is 4.98 Å². The van der Waals surface area contributed by atoms with Gasteiger partial charge in [0.1, 0.15) is 6.20 Å². The van der Waals surface area contributed by atoms with Gasteiger partial charge in [0.05, 0.1) is 5.54 Å². The Morgan fingerprint density at radius 3 is 2.63 bits per heavy atom. The van der Waals surface area contributed by atoms with Crippen molar-refractivity contribution in [2.75, 3.05) is 39.8 Å². The maximum atomic E-state index is 11.4. The van der Waals surface area contributed by atoms with Crippen molar-refractivity contribution in [3.63, 3.8) is 0 Å². The number of nitrogens with two attached hydrogens (primary N) is 1. The van der Waals surface area contributed by atoms with Gasteiger partial charge in [0, 0.05) is 38.9 Å². The summed E-state index contributed by atoms with van der Waals surface area (Å²) in [7, 11) is 2.14. The fourth-order valence-electron chi connectivity index (χ4n) is 2.53. The SMILES string of the molecule is CN1CCN(CC(C)(C)n2c[c]nc2C(N)=O)CC1. The van der Waals surface area contributed by atoms with E-state index in [2.05, 4.69) is 41.9 Å². The number of likely N-dealkylation sites (N-methyl/N-ethyl adjacent to an activating group) is 1. The molecule has 1 aliphatic heterocycles. The average molecular weight is 264 g/mol. The Bertz CT molecular complexity index is 446. The van der Waals surface area contributed by atoms with Crippen molar-refractivity contribution in [3.05, 3.63) is 18.2 Å². The predicted molar refractivity (Wildman–Crippen MR) is 72.8 cm³/mol. The molecule has 2 rings (SSSR count). The van der Waals surface area contributed by atoms with Crippen LogP contribution < -0.4 is 5.73 Å². The normalized spacial score (nSPS) is 18.7. The number of imidazole rings is 1. The van der Waals surface area contributed by atoms with E-state index in [1.807, 2.05) is 4.57 Å². The lowest BCUT2D eigenvalue weighted by Gasteiger charge is -2.38. The van der Waals surface area contributed by atoms with Crippen molar-refractivity contribution in [2.24, 2.45) is 5.73 Å². The molecule has 2 heterocycles. The minimum Gasteiger partial charge on any atom is -0.363 e. The number of hydrogen-bond acceptors (Lipinski definition) is 4. The lowest BCUT2D eigenvalue weighted by Crippen LogP contribution is -2.50. The van der Waals surface area contributed by atoms with E-state index in [9.17, 15) is 4.79 Å². The molecular formula is C13H22N5O. The van der Waals surface area contributed by atoms with Crippen LogP contribution in [-0.2, 0) is 5.54 Å².